The lowest BCUT2D eigenvalue weighted by Crippen LogP contribution is -2.42. The third-order valence-corrected chi connectivity index (χ3v) is 4.07. The number of carbonyl (C=O) groups is 1. The molecule has 0 radical (unpaired) electrons. The maximum Gasteiger partial charge on any atom is 0.241 e. The van der Waals surface area contributed by atoms with Gasteiger partial charge in [-0.15, -0.1) is 24.0 Å². The van der Waals surface area contributed by atoms with Crippen LogP contribution in [0.3, 0.4) is 0 Å². The van der Waals surface area contributed by atoms with Crippen LogP contribution in [0.4, 0.5) is 0 Å². The average molecular weight is 496 g/mol. The summed E-state index contributed by atoms with van der Waals surface area (Å²) in [7, 11) is 3.45. The largest absolute Gasteiger partial charge is 0.454 e. The Bertz CT molecular complexity index is 812. The fourth-order valence-corrected chi connectivity index (χ4v) is 2.48. The van der Waals surface area contributed by atoms with Crippen LogP contribution >= 0.6 is 24.0 Å². The van der Waals surface area contributed by atoms with Gasteiger partial charge >= 0.3 is 0 Å². The Balaban J connectivity index is 0.00000280. The van der Waals surface area contributed by atoms with E-state index in [0.29, 0.717) is 19.0 Å². The number of ether oxygens (including phenoxy) is 2. The number of aliphatic imine (C=N–C) groups is 1. The molecule has 1 aliphatic rings. The molecule has 2 aromatic rings. The Morgan fingerprint density at radius 2 is 1.79 bits per heavy atom. The Morgan fingerprint density at radius 1 is 1.04 bits per heavy atom. The molecule has 3 rings (SSSR count). The van der Waals surface area contributed by atoms with Crippen LogP contribution in [0.15, 0.2) is 53.5 Å². The van der Waals surface area contributed by atoms with Crippen molar-refractivity contribution in [1.29, 1.82) is 0 Å². The predicted octanol–water partition coefficient (Wildman–Crippen LogP) is 2.36. The fourth-order valence-electron chi connectivity index (χ4n) is 2.48. The van der Waals surface area contributed by atoms with Crippen LogP contribution in [0.1, 0.15) is 11.1 Å². The van der Waals surface area contributed by atoms with Gasteiger partial charge in [-0.25, -0.2) is 4.99 Å². The van der Waals surface area contributed by atoms with Gasteiger partial charge in [-0.05, 0) is 23.3 Å². The van der Waals surface area contributed by atoms with E-state index in [1.54, 1.807) is 19.0 Å². The first kappa shape index (κ1) is 21.8. The van der Waals surface area contributed by atoms with Gasteiger partial charge in [0.05, 0.1) is 13.1 Å². The second-order valence-electron chi connectivity index (χ2n) is 6.33. The number of guanidine groups is 1. The summed E-state index contributed by atoms with van der Waals surface area (Å²) in [6.07, 6.45) is 0. The zero-order chi connectivity index (χ0) is 19.1. The smallest absolute Gasteiger partial charge is 0.241 e. The number of carbonyl (C=O) groups excluding carboxylic acids is 1. The Kier molecular flexibility index (Phi) is 8.37. The van der Waals surface area contributed by atoms with E-state index in [0.717, 1.165) is 22.6 Å². The molecule has 0 bridgehead atoms. The van der Waals surface area contributed by atoms with Gasteiger partial charge in [-0.2, -0.15) is 0 Å². The highest BCUT2D eigenvalue weighted by atomic mass is 127. The number of fused-ring (bicyclic) bond motifs is 1. The third kappa shape index (κ3) is 6.29. The number of rotatable bonds is 6. The summed E-state index contributed by atoms with van der Waals surface area (Å²) in [6.45, 7) is 1.50. The average Bonchev–Trinajstić information content (AvgIpc) is 3.15. The van der Waals surface area contributed by atoms with Gasteiger partial charge in [-0.1, -0.05) is 36.4 Å². The highest BCUT2D eigenvalue weighted by Gasteiger charge is 2.13. The van der Waals surface area contributed by atoms with E-state index in [1.807, 2.05) is 48.5 Å². The molecule has 2 N–H and O–H groups in total. The van der Waals surface area contributed by atoms with Crippen LogP contribution in [0.2, 0.25) is 0 Å². The lowest BCUT2D eigenvalue weighted by molar-refractivity contribution is -0.127. The van der Waals surface area contributed by atoms with Crippen molar-refractivity contribution < 1.29 is 14.3 Å². The second kappa shape index (κ2) is 10.7. The number of hydrogen-bond acceptors (Lipinski definition) is 4. The van der Waals surface area contributed by atoms with Crippen LogP contribution < -0.4 is 20.1 Å². The van der Waals surface area contributed by atoms with E-state index in [-0.39, 0.29) is 43.2 Å². The van der Waals surface area contributed by atoms with Crippen molar-refractivity contribution in [3.63, 3.8) is 0 Å². The number of nitrogens with zero attached hydrogens (tertiary/aromatic N) is 2. The van der Waals surface area contributed by atoms with Crippen molar-refractivity contribution in [1.82, 2.24) is 15.5 Å². The number of nitrogens with one attached hydrogen (secondary N) is 2. The lowest BCUT2D eigenvalue weighted by atomic mass is 10.2. The molecule has 1 amide bonds. The lowest BCUT2D eigenvalue weighted by Gasteiger charge is -2.15. The molecule has 0 atom stereocenters. The van der Waals surface area contributed by atoms with Crippen LogP contribution in [0.5, 0.6) is 11.5 Å². The van der Waals surface area contributed by atoms with E-state index in [1.165, 1.54) is 0 Å². The van der Waals surface area contributed by atoms with Crippen molar-refractivity contribution >= 4 is 35.8 Å². The minimum atomic E-state index is -0.0210. The molecule has 1 aliphatic heterocycles. The molecule has 0 saturated heterocycles. The monoisotopic (exact) mass is 496 g/mol. The maximum absolute atomic E-state index is 11.9. The molecule has 7 nitrogen and oxygen atoms in total. The summed E-state index contributed by atoms with van der Waals surface area (Å²) in [5.41, 5.74) is 2.13. The van der Waals surface area contributed by atoms with Crippen LogP contribution in [-0.4, -0.2) is 44.2 Å². The summed E-state index contributed by atoms with van der Waals surface area (Å²) in [5.74, 6) is 2.04. The minimum Gasteiger partial charge on any atom is -0.454 e. The van der Waals surface area contributed by atoms with E-state index in [2.05, 4.69) is 15.6 Å². The fraction of sp³-hybridized carbons (Fsp3) is 0.300. The molecular formula is C20H25IN4O3. The van der Waals surface area contributed by atoms with Gasteiger partial charge in [0.25, 0.3) is 0 Å². The second-order valence-corrected chi connectivity index (χ2v) is 6.33. The molecule has 0 spiro atoms. The highest BCUT2D eigenvalue weighted by Crippen LogP contribution is 2.32. The van der Waals surface area contributed by atoms with Crippen LogP contribution in [0.25, 0.3) is 0 Å². The number of halogens is 1. The molecule has 2 aromatic carbocycles. The van der Waals surface area contributed by atoms with E-state index >= 15 is 0 Å². The van der Waals surface area contributed by atoms with Gasteiger partial charge in [0.2, 0.25) is 12.7 Å². The molecule has 0 saturated carbocycles. The minimum absolute atomic E-state index is 0. The Labute approximate surface area is 182 Å². The molecule has 28 heavy (non-hydrogen) atoms. The number of likely N-dealkylation sites (N-methyl/N-ethyl adjacent to an activating group) is 1. The Morgan fingerprint density at radius 3 is 2.54 bits per heavy atom. The molecule has 8 heteroatoms. The van der Waals surface area contributed by atoms with E-state index < -0.39 is 0 Å². The first-order valence-corrected chi connectivity index (χ1v) is 8.76. The first-order chi connectivity index (χ1) is 13.1. The standard InChI is InChI=1S/C20H24N4O3.HI/c1-24(2)19(25)13-23-20(21-11-15-6-4-3-5-7-15)22-12-16-8-9-17-18(10-16)27-14-26-17;/h3-10H,11-14H2,1-2H3,(H2,21,22,23);1H. The third-order valence-electron chi connectivity index (χ3n) is 4.07. The molecule has 0 aliphatic carbocycles. The molecule has 150 valence electrons. The van der Waals surface area contributed by atoms with Gasteiger partial charge in [-0.3, -0.25) is 4.79 Å². The van der Waals surface area contributed by atoms with Crippen molar-refractivity contribution in [3.8, 4) is 11.5 Å². The Hall–Kier alpha value is -2.49. The topological polar surface area (TPSA) is 75.2 Å². The summed E-state index contributed by atoms with van der Waals surface area (Å²) in [6, 6.07) is 15.8. The predicted molar refractivity (Wildman–Crippen MR) is 119 cm³/mol. The molecule has 1 heterocycles. The maximum atomic E-state index is 11.9. The summed E-state index contributed by atoms with van der Waals surface area (Å²) in [4.78, 5) is 18.0. The zero-order valence-electron chi connectivity index (χ0n) is 16.0. The number of benzene rings is 2. The zero-order valence-corrected chi connectivity index (χ0v) is 18.3. The van der Waals surface area contributed by atoms with Crippen LogP contribution in [0, 0.1) is 0 Å². The van der Waals surface area contributed by atoms with Gasteiger partial charge < -0.3 is 25.0 Å². The van der Waals surface area contributed by atoms with Gasteiger partial charge in [0.15, 0.2) is 17.5 Å². The number of amides is 1. The summed E-state index contributed by atoms with van der Waals surface area (Å²) >= 11 is 0. The van der Waals surface area contributed by atoms with Crippen molar-refractivity contribution in [2.24, 2.45) is 4.99 Å². The van der Waals surface area contributed by atoms with E-state index in [4.69, 9.17) is 9.47 Å². The highest BCUT2D eigenvalue weighted by molar-refractivity contribution is 14.0. The van der Waals surface area contributed by atoms with Crippen molar-refractivity contribution in [2.75, 3.05) is 27.4 Å². The van der Waals surface area contributed by atoms with Crippen LogP contribution in [-0.2, 0) is 17.9 Å². The van der Waals surface area contributed by atoms with E-state index in [9.17, 15) is 4.79 Å². The van der Waals surface area contributed by atoms with Gasteiger partial charge in [0.1, 0.15) is 0 Å². The molecular weight excluding hydrogens is 471 g/mol. The first-order valence-electron chi connectivity index (χ1n) is 8.76. The summed E-state index contributed by atoms with van der Waals surface area (Å²) < 4.78 is 10.7. The molecule has 0 aromatic heterocycles. The normalized spacial score (nSPS) is 12.1. The van der Waals surface area contributed by atoms with Crippen molar-refractivity contribution in [2.45, 2.75) is 13.1 Å². The SMILES string of the molecule is CN(C)C(=O)CNC(=NCc1ccc2c(c1)OCO2)NCc1ccccc1.I. The molecule has 0 fully saturated rings. The quantitative estimate of drug-likeness (QED) is 0.365. The number of hydrogen-bond donors (Lipinski definition) is 2. The molecule has 0 unspecified atom stereocenters. The van der Waals surface area contributed by atoms with Crippen molar-refractivity contribution in [3.05, 3.63) is 59.7 Å². The van der Waals surface area contributed by atoms with Gasteiger partial charge in [0, 0.05) is 20.6 Å². The summed E-state index contributed by atoms with van der Waals surface area (Å²) in [5, 5.41) is 6.35.